The van der Waals surface area contributed by atoms with E-state index in [2.05, 4.69) is 20.6 Å². The van der Waals surface area contributed by atoms with Crippen LogP contribution in [0.3, 0.4) is 0 Å². The van der Waals surface area contributed by atoms with Crippen LogP contribution in [0.2, 0.25) is 0 Å². The van der Waals surface area contributed by atoms with E-state index in [1.54, 1.807) is 12.3 Å². The van der Waals surface area contributed by atoms with E-state index in [9.17, 15) is 10.1 Å². The second-order valence-corrected chi connectivity index (χ2v) is 4.08. The number of rotatable bonds is 7. The maximum Gasteiger partial charge on any atom is 0.287 e. The molecule has 0 spiro atoms. The Hall–Kier alpha value is -2.70. The van der Waals surface area contributed by atoms with Gasteiger partial charge in [-0.3, -0.25) is 10.1 Å². The van der Waals surface area contributed by atoms with Crippen molar-refractivity contribution in [3.05, 3.63) is 52.8 Å². The first-order valence-electron chi connectivity index (χ1n) is 6.25. The lowest BCUT2D eigenvalue weighted by atomic mass is 10.3. The number of hydrogen-bond donors (Lipinski definition) is 2. The summed E-state index contributed by atoms with van der Waals surface area (Å²) in [4.78, 5) is 18.1. The third kappa shape index (κ3) is 4.20. The number of nitrogens with one attached hydrogen (secondary N) is 2. The Bertz CT molecular complexity index is 544. The molecule has 104 valence electrons. The highest BCUT2D eigenvalue weighted by Crippen LogP contribution is 2.11. The van der Waals surface area contributed by atoms with E-state index >= 15 is 0 Å². The predicted octanol–water partition coefficient (Wildman–Crippen LogP) is 2.30. The van der Waals surface area contributed by atoms with E-state index < -0.39 is 4.92 Å². The third-order valence-corrected chi connectivity index (χ3v) is 2.59. The smallest absolute Gasteiger partial charge is 0.287 e. The minimum absolute atomic E-state index is 0.00707. The molecule has 0 aromatic carbocycles. The molecule has 0 radical (unpaired) electrons. The number of aromatic nitrogens is 2. The number of nitrogens with zero attached hydrogens (tertiary/aromatic N) is 3. The Balaban J connectivity index is 1.67. The summed E-state index contributed by atoms with van der Waals surface area (Å²) in [7, 11) is 0. The van der Waals surface area contributed by atoms with Gasteiger partial charge in [-0.15, -0.1) is 0 Å². The fourth-order valence-electron chi connectivity index (χ4n) is 1.59. The summed E-state index contributed by atoms with van der Waals surface area (Å²) >= 11 is 0. The zero-order valence-electron chi connectivity index (χ0n) is 10.8. The molecule has 0 saturated carbocycles. The van der Waals surface area contributed by atoms with Crippen LogP contribution in [-0.2, 0) is 0 Å². The van der Waals surface area contributed by atoms with Crippen molar-refractivity contribution >= 4 is 17.3 Å². The van der Waals surface area contributed by atoms with Gasteiger partial charge in [-0.25, -0.2) is 9.97 Å². The van der Waals surface area contributed by atoms with Gasteiger partial charge in [0.25, 0.3) is 5.69 Å². The van der Waals surface area contributed by atoms with E-state index in [0.29, 0.717) is 5.82 Å². The highest BCUT2D eigenvalue weighted by Gasteiger charge is 2.04. The molecular weight excluding hydrogens is 258 g/mol. The van der Waals surface area contributed by atoms with Crippen LogP contribution < -0.4 is 10.6 Å². The normalized spacial score (nSPS) is 10.0. The predicted molar refractivity (Wildman–Crippen MR) is 76.7 cm³/mol. The van der Waals surface area contributed by atoms with Gasteiger partial charge >= 0.3 is 0 Å². The third-order valence-electron chi connectivity index (χ3n) is 2.59. The summed E-state index contributed by atoms with van der Waals surface area (Å²) in [6, 6.07) is 8.73. The molecule has 0 bridgehead atoms. The maximum atomic E-state index is 10.5. The van der Waals surface area contributed by atoms with Crippen LogP contribution in [0.4, 0.5) is 17.3 Å². The Morgan fingerprint density at radius 1 is 1.05 bits per heavy atom. The second kappa shape index (κ2) is 7.03. The van der Waals surface area contributed by atoms with Crippen molar-refractivity contribution in [2.24, 2.45) is 0 Å². The molecule has 0 amide bonds. The summed E-state index contributed by atoms with van der Waals surface area (Å²) in [6.45, 7) is 1.52. The topological polar surface area (TPSA) is 93.0 Å². The molecule has 2 aromatic rings. The van der Waals surface area contributed by atoms with E-state index in [-0.39, 0.29) is 5.69 Å². The van der Waals surface area contributed by atoms with Gasteiger partial charge in [-0.05, 0) is 24.6 Å². The van der Waals surface area contributed by atoms with E-state index in [4.69, 9.17) is 0 Å². The van der Waals surface area contributed by atoms with Gasteiger partial charge in [-0.1, -0.05) is 6.07 Å². The molecule has 7 nitrogen and oxygen atoms in total. The second-order valence-electron chi connectivity index (χ2n) is 4.08. The summed E-state index contributed by atoms with van der Waals surface area (Å²) in [5, 5.41) is 16.8. The molecule has 0 atom stereocenters. The Morgan fingerprint density at radius 3 is 2.35 bits per heavy atom. The van der Waals surface area contributed by atoms with Crippen LogP contribution in [0, 0.1) is 10.1 Å². The Kier molecular flexibility index (Phi) is 4.82. The van der Waals surface area contributed by atoms with Crippen molar-refractivity contribution in [2.45, 2.75) is 6.42 Å². The first kappa shape index (κ1) is 13.7. The standard InChI is InChI=1S/C13H15N5O2/c19-18(20)11-5-6-13(17-10-11)16-9-3-8-15-12-4-1-2-7-14-12/h1-2,4-7,10H,3,8-9H2,(H,14,15)(H,16,17). The molecule has 0 fully saturated rings. The van der Waals surface area contributed by atoms with Crippen molar-refractivity contribution in [2.75, 3.05) is 23.7 Å². The monoisotopic (exact) mass is 273 g/mol. The molecule has 2 N–H and O–H groups in total. The number of hydrogen-bond acceptors (Lipinski definition) is 6. The van der Waals surface area contributed by atoms with E-state index in [1.165, 1.54) is 12.3 Å². The Labute approximate surface area is 116 Å². The highest BCUT2D eigenvalue weighted by molar-refractivity contribution is 5.40. The molecular formula is C13H15N5O2. The van der Waals surface area contributed by atoms with Gasteiger partial charge in [0.2, 0.25) is 0 Å². The fraction of sp³-hybridized carbons (Fsp3) is 0.231. The minimum Gasteiger partial charge on any atom is -0.370 e. The average Bonchev–Trinajstić information content (AvgIpc) is 2.48. The van der Waals surface area contributed by atoms with Gasteiger partial charge in [0.15, 0.2) is 0 Å². The van der Waals surface area contributed by atoms with Crippen LogP contribution in [0.1, 0.15) is 6.42 Å². The van der Waals surface area contributed by atoms with Crippen molar-refractivity contribution in [3.63, 3.8) is 0 Å². The molecule has 2 aromatic heterocycles. The summed E-state index contributed by atoms with van der Waals surface area (Å²) in [6.07, 6.45) is 3.87. The lowest BCUT2D eigenvalue weighted by Gasteiger charge is -2.06. The van der Waals surface area contributed by atoms with Crippen LogP contribution in [0.15, 0.2) is 42.7 Å². The van der Waals surface area contributed by atoms with Gasteiger partial charge in [0.05, 0.1) is 4.92 Å². The maximum absolute atomic E-state index is 10.5. The number of anilines is 2. The first-order chi connectivity index (χ1) is 9.75. The van der Waals surface area contributed by atoms with Crippen molar-refractivity contribution in [3.8, 4) is 0 Å². The lowest BCUT2D eigenvalue weighted by Crippen LogP contribution is -2.10. The zero-order chi connectivity index (χ0) is 14.2. The van der Waals surface area contributed by atoms with Crippen LogP contribution in [-0.4, -0.2) is 28.0 Å². The van der Waals surface area contributed by atoms with Gasteiger partial charge < -0.3 is 10.6 Å². The molecule has 2 heterocycles. The molecule has 0 unspecified atom stereocenters. The summed E-state index contributed by atoms with van der Waals surface area (Å²) in [5.41, 5.74) is -0.00707. The quantitative estimate of drug-likeness (QED) is 0.457. The van der Waals surface area contributed by atoms with Crippen molar-refractivity contribution < 1.29 is 4.92 Å². The fourth-order valence-corrected chi connectivity index (χ4v) is 1.59. The van der Waals surface area contributed by atoms with E-state index in [0.717, 1.165) is 25.3 Å². The highest BCUT2D eigenvalue weighted by atomic mass is 16.6. The van der Waals surface area contributed by atoms with Crippen LogP contribution >= 0.6 is 0 Å². The molecule has 0 saturated heterocycles. The molecule has 0 aliphatic carbocycles. The van der Waals surface area contributed by atoms with Crippen LogP contribution in [0.25, 0.3) is 0 Å². The molecule has 0 aliphatic rings. The van der Waals surface area contributed by atoms with Gasteiger partial charge in [0.1, 0.15) is 17.8 Å². The van der Waals surface area contributed by atoms with Gasteiger partial charge in [0, 0.05) is 25.4 Å². The zero-order valence-corrected chi connectivity index (χ0v) is 10.8. The van der Waals surface area contributed by atoms with Crippen LogP contribution in [0.5, 0.6) is 0 Å². The summed E-state index contributed by atoms with van der Waals surface area (Å²) < 4.78 is 0. The average molecular weight is 273 g/mol. The molecule has 0 aliphatic heterocycles. The lowest BCUT2D eigenvalue weighted by molar-refractivity contribution is -0.385. The Morgan fingerprint density at radius 2 is 1.80 bits per heavy atom. The molecule has 2 rings (SSSR count). The van der Waals surface area contributed by atoms with Gasteiger partial charge in [-0.2, -0.15) is 0 Å². The molecule has 7 heteroatoms. The van der Waals surface area contributed by atoms with E-state index in [1.807, 2.05) is 18.2 Å². The largest absolute Gasteiger partial charge is 0.370 e. The SMILES string of the molecule is O=[N+]([O-])c1ccc(NCCCNc2ccccn2)nc1. The first-order valence-corrected chi connectivity index (χ1v) is 6.25. The molecule has 20 heavy (non-hydrogen) atoms. The summed E-state index contributed by atoms with van der Waals surface area (Å²) in [5.74, 6) is 1.48. The van der Waals surface area contributed by atoms with Crippen molar-refractivity contribution in [1.29, 1.82) is 0 Å². The number of nitro groups is 1. The minimum atomic E-state index is -0.465. The van der Waals surface area contributed by atoms with Crippen molar-refractivity contribution in [1.82, 2.24) is 9.97 Å². The number of pyridine rings is 2.